The third kappa shape index (κ3) is 15.0. The van der Waals surface area contributed by atoms with Gasteiger partial charge in [0, 0.05) is 17.3 Å². The van der Waals surface area contributed by atoms with Crippen LogP contribution in [0.25, 0.3) is 0 Å². The van der Waals surface area contributed by atoms with E-state index in [9.17, 15) is 9.59 Å². The van der Waals surface area contributed by atoms with Gasteiger partial charge in [0.1, 0.15) is 19.0 Å². The molecule has 0 aliphatic rings. The molecule has 1 aromatic rings. The van der Waals surface area contributed by atoms with Crippen molar-refractivity contribution in [1.29, 1.82) is 0 Å². The van der Waals surface area contributed by atoms with Crippen molar-refractivity contribution in [3.8, 4) is 5.75 Å². The van der Waals surface area contributed by atoms with E-state index in [1.54, 1.807) is 0 Å². The largest absolute Gasteiger partial charge is 0.490 e. The van der Waals surface area contributed by atoms with Gasteiger partial charge in [-0.15, -0.1) is 0 Å². The first-order chi connectivity index (χ1) is 14.1. The smallest absolute Gasteiger partial charge is 0.305 e. The molecular weight excluding hydrogens is 436 g/mol. The Labute approximate surface area is 183 Å². The van der Waals surface area contributed by atoms with Crippen LogP contribution in [0.3, 0.4) is 0 Å². The molecule has 0 heterocycles. The highest BCUT2D eigenvalue weighted by Gasteiger charge is 2.07. The number of carbonyl (C=O) groups excluding carboxylic acids is 2. The molecule has 0 saturated heterocycles. The number of esters is 2. The van der Waals surface area contributed by atoms with Gasteiger partial charge in [-0.05, 0) is 37.1 Å². The summed E-state index contributed by atoms with van der Waals surface area (Å²) in [5, 5.41) is 0. The lowest BCUT2D eigenvalue weighted by molar-refractivity contribution is -0.146. The first-order valence-electron chi connectivity index (χ1n) is 10.8. The van der Waals surface area contributed by atoms with Gasteiger partial charge in [-0.1, -0.05) is 67.8 Å². The molecule has 0 saturated carbocycles. The summed E-state index contributed by atoms with van der Waals surface area (Å²) in [6.45, 7) is 3.19. The lowest BCUT2D eigenvalue weighted by atomic mass is 10.1. The maximum atomic E-state index is 11.7. The first-order valence-corrected chi connectivity index (χ1v) is 11.6. The topological polar surface area (TPSA) is 61.8 Å². The van der Waals surface area contributed by atoms with Crippen molar-refractivity contribution in [2.75, 3.05) is 19.8 Å². The molecule has 1 aromatic carbocycles. The molecule has 0 unspecified atom stereocenters. The summed E-state index contributed by atoms with van der Waals surface area (Å²) in [6.07, 6.45) is 10.6. The predicted molar refractivity (Wildman–Crippen MR) is 118 cm³/mol. The number of rotatable bonds is 17. The summed E-state index contributed by atoms with van der Waals surface area (Å²) in [5.41, 5.74) is 0. The molecule has 0 aromatic heterocycles. The summed E-state index contributed by atoms with van der Waals surface area (Å²) in [5.74, 6) is 0.170. The van der Waals surface area contributed by atoms with E-state index in [-0.39, 0.29) is 31.4 Å². The number of ether oxygens (including phenoxy) is 3. The van der Waals surface area contributed by atoms with Crippen molar-refractivity contribution in [3.05, 3.63) is 28.7 Å². The Balaban J connectivity index is 1.90. The molecule has 1 rings (SSSR count). The number of hydrogen-bond acceptors (Lipinski definition) is 5. The molecule has 0 N–H and O–H groups in total. The van der Waals surface area contributed by atoms with E-state index >= 15 is 0 Å². The van der Waals surface area contributed by atoms with Crippen molar-refractivity contribution >= 4 is 27.9 Å². The van der Waals surface area contributed by atoms with Crippen molar-refractivity contribution in [3.63, 3.8) is 0 Å². The van der Waals surface area contributed by atoms with Crippen LogP contribution in [-0.2, 0) is 19.1 Å². The van der Waals surface area contributed by atoms with Crippen LogP contribution in [0.2, 0.25) is 0 Å². The minimum absolute atomic E-state index is 0.192. The minimum Gasteiger partial charge on any atom is -0.490 e. The number of benzene rings is 1. The summed E-state index contributed by atoms with van der Waals surface area (Å²) in [4.78, 5) is 23.3. The zero-order chi connectivity index (χ0) is 21.2. The van der Waals surface area contributed by atoms with Gasteiger partial charge in [-0.2, -0.15) is 0 Å². The van der Waals surface area contributed by atoms with Gasteiger partial charge >= 0.3 is 11.9 Å². The van der Waals surface area contributed by atoms with Gasteiger partial charge in [0.05, 0.1) is 6.61 Å². The Kier molecular flexibility index (Phi) is 15.2. The summed E-state index contributed by atoms with van der Waals surface area (Å²) in [6, 6.07) is 7.44. The number of carbonyl (C=O) groups is 2. The highest BCUT2D eigenvalue weighted by atomic mass is 79.9. The number of unbranched alkanes of at least 4 members (excludes halogenated alkanes) is 7. The Morgan fingerprint density at radius 1 is 0.724 bits per heavy atom. The molecule has 0 fully saturated rings. The fourth-order valence-electron chi connectivity index (χ4n) is 2.79. The van der Waals surface area contributed by atoms with E-state index in [1.807, 2.05) is 24.3 Å². The van der Waals surface area contributed by atoms with Crippen molar-refractivity contribution in [2.45, 2.75) is 77.6 Å². The molecule has 164 valence electrons. The van der Waals surface area contributed by atoms with Crippen LogP contribution < -0.4 is 4.74 Å². The van der Waals surface area contributed by atoms with Crippen LogP contribution in [0.4, 0.5) is 0 Å². The van der Waals surface area contributed by atoms with Gasteiger partial charge in [0.15, 0.2) is 0 Å². The molecule has 0 spiro atoms. The molecule has 0 aliphatic heterocycles. The summed E-state index contributed by atoms with van der Waals surface area (Å²) >= 11 is 3.36. The molecule has 0 aliphatic carbocycles. The molecule has 0 amide bonds. The highest BCUT2D eigenvalue weighted by molar-refractivity contribution is 9.10. The van der Waals surface area contributed by atoms with E-state index in [0.29, 0.717) is 19.6 Å². The molecule has 29 heavy (non-hydrogen) atoms. The number of halogens is 1. The Morgan fingerprint density at radius 2 is 1.28 bits per heavy atom. The van der Waals surface area contributed by atoms with Crippen LogP contribution in [0.1, 0.15) is 77.6 Å². The van der Waals surface area contributed by atoms with E-state index in [0.717, 1.165) is 23.1 Å². The van der Waals surface area contributed by atoms with Gasteiger partial charge in [0.25, 0.3) is 0 Å². The zero-order valence-corrected chi connectivity index (χ0v) is 19.2. The maximum absolute atomic E-state index is 11.7. The predicted octanol–water partition coefficient (Wildman–Crippen LogP) is 6.23. The van der Waals surface area contributed by atoms with Gasteiger partial charge in [-0.3, -0.25) is 9.59 Å². The maximum Gasteiger partial charge on any atom is 0.305 e. The van der Waals surface area contributed by atoms with Crippen LogP contribution in [0.15, 0.2) is 28.7 Å². The Morgan fingerprint density at radius 3 is 1.90 bits per heavy atom. The summed E-state index contributed by atoms with van der Waals surface area (Å²) < 4.78 is 16.8. The van der Waals surface area contributed by atoms with Crippen LogP contribution in [0.5, 0.6) is 5.75 Å². The SMILES string of the molecule is CCCCCCCCCCOC(=O)CCCC(=O)OCCOc1ccc(Br)cc1. The lowest BCUT2D eigenvalue weighted by Gasteiger charge is -2.08. The fourth-order valence-corrected chi connectivity index (χ4v) is 3.05. The quantitative estimate of drug-likeness (QED) is 0.199. The Bertz CT molecular complexity index is 559. The second-order valence-corrected chi connectivity index (χ2v) is 7.99. The molecule has 0 atom stereocenters. The third-order valence-corrected chi connectivity index (χ3v) is 4.98. The molecular formula is C23H35BrO5. The first kappa shape index (κ1) is 25.5. The molecule has 0 radical (unpaired) electrons. The van der Waals surface area contributed by atoms with E-state index < -0.39 is 0 Å². The van der Waals surface area contributed by atoms with Crippen molar-refractivity contribution in [2.24, 2.45) is 0 Å². The van der Waals surface area contributed by atoms with Gasteiger partial charge < -0.3 is 14.2 Å². The third-order valence-electron chi connectivity index (χ3n) is 4.45. The molecule has 6 heteroatoms. The lowest BCUT2D eigenvalue weighted by Crippen LogP contribution is -2.13. The average molecular weight is 471 g/mol. The average Bonchev–Trinajstić information content (AvgIpc) is 2.71. The van der Waals surface area contributed by atoms with Crippen molar-refractivity contribution < 1.29 is 23.8 Å². The Hall–Kier alpha value is -1.56. The zero-order valence-electron chi connectivity index (χ0n) is 17.6. The highest BCUT2D eigenvalue weighted by Crippen LogP contribution is 2.16. The molecule has 0 bridgehead atoms. The van der Waals surface area contributed by atoms with Gasteiger partial charge in [-0.25, -0.2) is 0 Å². The summed E-state index contributed by atoms with van der Waals surface area (Å²) in [7, 11) is 0. The van der Waals surface area contributed by atoms with Crippen molar-refractivity contribution in [1.82, 2.24) is 0 Å². The normalized spacial score (nSPS) is 10.6. The second-order valence-electron chi connectivity index (χ2n) is 7.07. The van der Waals surface area contributed by atoms with E-state index in [4.69, 9.17) is 14.2 Å². The fraction of sp³-hybridized carbons (Fsp3) is 0.652. The van der Waals surface area contributed by atoms with E-state index in [1.165, 1.54) is 38.5 Å². The standard InChI is InChI=1S/C23H35BrO5/c1-2-3-4-5-6-7-8-9-17-28-22(25)11-10-12-23(26)29-19-18-27-21-15-13-20(24)14-16-21/h13-16H,2-12,17-19H2,1H3. The second kappa shape index (κ2) is 17.3. The minimum atomic E-state index is -0.319. The van der Waals surface area contributed by atoms with Crippen LogP contribution in [-0.4, -0.2) is 31.8 Å². The van der Waals surface area contributed by atoms with Gasteiger partial charge in [0.2, 0.25) is 0 Å². The van der Waals surface area contributed by atoms with Crippen LogP contribution in [0, 0.1) is 0 Å². The molecule has 5 nitrogen and oxygen atoms in total. The van der Waals surface area contributed by atoms with Crippen LogP contribution >= 0.6 is 15.9 Å². The monoisotopic (exact) mass is 470 g/mol. The van der Waals surface area contributed by atoms with E-state index in [2.05, 4.69) is 22.9 Å². The number of hydrogen-bond donors (Lipinski definition) is 0.